The Bertz CT molecular complexity index is 697. The largest absolute Gasteiger partial charge is 0.454 e. The van der Waals surface area contributed by atoms with Crippen LogP contribution >= 0.6 is 11.6 Å². The molecule has 1 aromatic rings. The molecular formula is C12H5ClF11NO2. The predicted molar refractivity (Wildman–Crippen MR) is 67.2 cm³/mol. The fraction of sp³-hybridized carbons (Fsp3) is 0.500. The molecular weight excluding hydrogens is 435 g/mol. The van der Waals surface area contributed by atoms with Crippen LogP contribution in [-0.2, 0) is 0 Å². The standard InChI is InChI=1S/C12H5ClF11NO2/c13-7(5-2-1-3-6(4-5)25(26)27)8(10(16,17)18,11(19,20)21)9(14,15)12(22,23)24/h1-4,7H. The summed E-state index contributed by atoms with van der Waals surface area (Å²) in [7, 11) is 0. The topological polar surface area (TPSA) is 43.1 Å². The lowest BCUT2D eigenvalue weighted by Gasteiger charge is -2.45. The van der Waals surface area contributed by atoms with Gasteiger partial charge >= 0.3 is 24.5 Å². The van der Waals surface area contributed by atoms with Gasteiger partial charge in [-0.25, -0.2) is 0 Å². The van der Waals surface area contributed by atoms with Crippen molar-refractivity contribution in [2.24, 2.45) is 5.41 Å². The summed E-state index contributed by atoms with van der Waals surface area (Å²) in [5, 5.41) is 6.46. The van der Waals surface area contributed by atoms with Gasteiger partial charge in [0.1, 0.15) is 0 Å². The minimum absolute atomic E-state index is 0.0592. The molecule has 1 rings (SSSR count). The fourth-order valence-electron chi connectivity index (χ4n) is 2.23. The van der Waals surface area contributed by atoms with E-state index in [1.807, 2.05) is 0 Å². The molecule has 0 saturated carbocycles. The third-order valence-corrected chi connectivity index (χ3v) is 4.08. The van der Waals surface area contributed by atoms with E-state index in [1.54, 1.807) is 0 Å². The molecule has 154 valence electrons. The summed E-state index contributed by atoms with van der Waals surface area (Å²) >= 11 is 4.92. The van der Waals surface area contributed by atoms with Crippen LogP contribution in [0.15, 0.2) is 24.3 Å². The Morgan fingerprint density at radius 3 is 1.63 bits per heavy atom. The average Bonchev–Trinajstić information content (AvgIpc) is 2.43. The highest BCUT2D eigenvalue weighted by molar-refractivity contribution is 6.21. The Kier molecular flexibility index (Phi) is 5.70. The normalized spacial score (nSPS) is 15.6. The second-order valence-electron chi connectivity index (χ2n) is 5.09. The molecule has 3 nitrogen and oxygen atoms in total. The number of nitrogens with zero attached hydrogens (tertiary/aromatic N) is 1. The highest BCUT2D eigenvalue weighted by atomic mass is 35.5. The van der Waals surface area contributed by atoms with Crippen LogP contribution in [0.25, 0.3) is 0 Å². The highest BCUT2D eigenvalue weighted by Gasteiger charge is 2.91. The van der Waals surface area contributed by atoms with Crippen LogP contribution in [0.4, 0.5) is 54.0 Å². The zero-order chi connectivity index (χ0) is 21.6. The van der Waals surface area contributed by atoms with Crippen molar-refractivity contribution in [1.82, 2.24) is 0 Å². The highest BCUT2D eigenvalue weighted by Crippen LogP contribution is 2.69. The van der Waals surface area contributed by atoms with Crippen LogP contribution in [0.1, 0.15) is 10.9 Å². The van der Waals surface area contributed by atoms with E-state index in [0.717, 1.165) is 0 Å². The van der Waals surface area contributed by atoms with Gasteiger partial charge in [0.05, 0.1) is 10.3 Å². The molecule has 15 heteroatoms. The monoisotopic (exact) mass is 439 g/mol. The van der Waals surface area contributed by atoms with Crippen LogP contribution in [0.3, 0.4) is 0 Å². The van der Waals surface area contributed by atoms with Gasteiger partial charge in [0.15, 0.2) is 0 Å². The van der Waals surface area contributed by atoms with Gasteiger partial charge in [-0.3, -0.25) is 10.1 Å². The Balaban J connectivity index is 3.94. The van der Waals surface area contributed by atoms with E-state index in [1.165, 1.54) is 0 Å². The summed E-state index contributed by atoms with van der Waals surface area (Å²) < 4.78 is 144. The summed E-state index contributed by atoms with van der Waals surface area (Å²) in [6.45, 7) is 0. The quantitative estimate of drug-likeness (QED) is 0.243. The molecule has 1 atom stereocenters. The SMILES string of the molecule is O=[N+]([O-])c1cccc(C(Cl)C(C(F)(F)F)(C(F)(F)F)C(F)(F)C(F)(F)F)c1. The molecule has 0 heterocycles. The summed E-state index contributed by atoms with van der Waals surface area (Å²) in [4.78, 5) is 9.24. The molecule has 0 aliphatic carbocycles. The first-order valence-corrected chi connectivity index (χ1v) is 6.72. The van der Waals surface area contributed by atoms with Crippen molar-refractivity contribution in [3.63, 3.8) is 0 Å². The predicted octanol–water partition coefficient (Wildman–Crippen LogP) is 6.18. The van der Waals surface area contributed by atoms with E-state index in [2.05, 4.69) is 0 Å². The van der Waals surface area contributed by atoms with Gasteiger partial charge in [-0.15, -0.1) is 11.6 Å². The zero-order valence-electron chi connectivity index (χ0n) is 12.2. The number of benzene rings is 1. The van der Waals surface area contributed by atoms with E-state index in [-0.39, 0.29) is 12.1 Å². The Hall–Kier alpha value is -1.86. The number of rotatable bonds is 4. The molecule has 0 aliphatic rings. The smallest absolute Gasteiger partial charge is 0.258 e. The number of hydrogen-bond acceptors (Lipinski definition) is 2. The van der Waals surface area contributed by atoms with Gasteiger partial charge in [-0.2, -0.15) is 48.3 Å². The average molecular weight is 440 g/mol. The van der Waals surface area contributed by atoms with Gasteiger partial charge < -0.3 is 0 Å². The van der Waals surface area contributed by atoms with Gasteiger partial charge in [-0.1, -0.05) is 12.1 Å². The molecule has 27 heavy (non-hydrogen) atoms. The van der Waals surface area contributed by atoms with Crippen molar-refractivity contribution in [3.05, 3.63) is 39.9 Å². The number of hydrogen-bond donors (Lipinski definition) is 0. The van der Waals surface area contributed by atoms with Crippen molar-refractivity contribution in [3.8, 4) is 0 Å². The van der Waals surface area contributed by atoms with Crippen molar-refractivity contribution >= 4 is 17.3 Å². The second kappa shape index (κ2) is 6.63. The van der Waals surface area contributed by atoms with Gasteiger partial charge in [0.2, 0.25) is 0 Å². The van der Waals surface area contributed by atoms with Crippen LogP contribution in [-0.4, -0.2) is 29.4 Å². The first-order chi connectivity index (χ1) is 11.8. The maximum atomic E-state index is 13.7. The van der Waals surface area contributed by atoms with Crippen LogP contribution < -0.4 is 0 Å². The lowest BCUT2D eigenvalue weighted by atomic mass is 9.73. The third-order valence-electron chi connectivity index (χ3n) is 3.50. The first kappa shape index (κ1) is 23.2. The van der Waals surface area contributed by atoms with Crippen LogP contribution in [0.2, 0.25) is 0 Å². The van der Waals surface area contributed by atoms with Gasteiger partial charge in [0.25, 0.3) is 11.1 Å². The molecule has 0 bridgehead atoms. The van der Waals surface area contributed by atoms with Gasteiger partial charge in [0, 0.05) is 12.1 Å². The Morgan fingerprint density at radius 1 is 0.852 bits per heavy atom. The van der Waals surface area contributed by atoms with Crippen molar-refractivity contribution < 1.29 is 53.2 Å². The van der Waals surface area contributed by atoms with Crippen molar-refractivity contribution in [1.29, 1.82) is 0 Å². The molecule has 0 spiro atoms. The first-order valence-electron chi connectivity index (χ1n) is 6.28. The molecule has 1 unspecified atom stereocenters. The number of nitro benzene ring substituents is 1. The van der Waals surface area contributed by atoms with E-state index in [9.17, 15) is 58.4 Å². The zero-order valence-corrected chi connectivity index (χ0v) is 12.9. The fourth-order valence-corrected chi connectivity index (χ4v) is 2.75. The number of alkyl halides is 12. The molecule has 0 saturated heterocycles. The van der Waals surface area contributed by atoms with Crippen LogP contribution in [0.5, 0.6) is 0 Å². The molecule has 0 amide bonds. The lowest BCUT2D eigenvalue weighted by Crippen LogP contribution is -2.68. The summed E-state index contributed by atoms with van der Waals surface area (Å²) in [6, 6.07) is 1.20. The van der Waals surface area contributed by atoms with Crippen LogP contribution in [0, 0.1) is 15.5 Å². The van der Waals surface area contributed by atoms with Crippen molar-refractivity contribution in [2.75, 3.05) is 0 Å². The summed E-state index contributed by atoms with van der Waals surface area (Å²) in [6.07, 6.45) is -21.8. The Labute approximate surface area is 146 Å². The summed E-state index contributed by atoms with van der Waals surface area (Å²) in [5.74, 6) is -7.42. The number of non-ortho nitro benzene ring substituents is 1. The summed E-state index contributed by atoms with van der Waals surface area (Å²) in [5.41, 5.74) is -9.60. The molecule has 0 radical (unpaired) electrons. The van der Waals surface area contributed by atoms with E-state index >= 15 is 0 Å². The number of halogens is 12. The number of nitro groups is 1. The van der Waals surface area contributed by atoms with E-state index in [4.69, 9.17) is 11.6 Å². The minimum Gasteiger partial charge on any atom is -0.258 e. The Morgan fingerprint density at radius 2 is 1.30 bits per heavy atom. The molecule has 0 N–H and O–H groups in total. The lowest BCUT2D eigenvalue weighted by molar-refractivity contribution is -0.449. The molecule has 1 aromatic carbocycles. The third kappa shape index (κ3) is 3.50. The van der Waals surface area contributed by atoms with Crippen molar-refractivity contribution in [2.45, 2.75) is 29.8 Å². The van der Waals surface area contributed by atoms with Gasteiger partial charge in [-0.05, 0) is 5.56 Å². The van der Waals surface area contributed by atoms with E-state index < -0.39 is 51.4 Å². The van der Waals surface area contributed by atoms with E-state index in [0.29, 0.717) is 12.1 Å². The molecule has 0 aliphatic heterocycles. The maximum absolute atomic E-state index is 13.7. The molecule has 0 aromatic heterocycles. The second-order valence-corrected chi connectivity index (χ2v) is 5.53. The minimum atomic E-state index is -7.42. The maximum Gasteiger partial charge on any atom is 0.454 e. The molecule has 0 fully saturated rings.